The predicted octanol–water partition coefficient (Wildman–Crippen LogP) is 0.221. The molecule has 84 valence electrons. The van der Waals surface area contributed by atoms with Crippen molar-refractivity contribution in [3.8, 4) is 0 Å². The summed E-state index contributed by atoms with van der Waals surface area (Å²) in [5.74, 6) is -0.848. The normalized spacial score (nSPS) is 13.9. The van der Waals surface area contributed by atoms with Gasteiger partial charge in [0.05, 0.1) is 12.6 Å². The molecule has 0 aliphatic carbocycles. The molecule has 6 heteroatoms. The van der Waals surface area contributed by atoms with Crippen LogP contribution in [0.5, 0.6) is 0 Å². The lowest BCUT2D eigenvalue weighted by atomic mass is 10.1. The first-order valence-corrected chi connectivity index (χ1v) is 6.12. The van der Waals surface area contributed by atoms with E-state index in [-0.39, 0.29) is 5.56 Å². The number of aliphatic hydroxyl groups excluding tert-OH is 1. The maximum absolute atomic E-state index is 13.3. The molecule has 1 rings (SSSR count). The minimum atomic E-state index is -3.69. The quantitative estimate of drug-likeness (QED) is 0.782. The van der Waals surface area contributed by atoms with E-state index in [1.807, 2.05) is 0 Å². The van der Waals surface area contributed by atoms with E-state index < -0.39 is 33.2 Å². The van der Waals surface area contributed by atoms with Crippen LogP contribution in [-0.4, -0.2) is 26.4 Å². The highest BCUT2D eigenvalue weighted by Crippen LogP contribution is 2.23. The van der Waals surface area contributed by atoms with Crippen molar-refractivity contribution in [1.29, 1.82) is 0 Å². The number of hydrogen-bond acceptors (Lipinski definition) is 4. The second-order valence-corrected chi connectivity index (χ2v) is 5.17. The van der Waals surface area contributed by atoms with Gasteiger partial charge in [-0.1, -0.05) is 12.1 Å². The van der Waals surface area contributed by atoms with Gasteiger partial charge in [0, 0.05) is 6.26 Å². The van der Waals surface area contributed by atoms with Crippen molar-refractivity contribution in [2.75, 3.05) is 12.9 Å². The number of rotatable bonds is 3. The van der Waals surface area contributed by atoms with Crippen molar-refractivity contribution in [3.63, 3.8) is 0 Å². The first-order chi connectivity index (χ1) is 6.88. The molecule has 0 heterocycles. The van der Waals surface area contributed by atoms with Crippen molar-refractivity contribution < 1.29 is 17.9 Å². The molecule has 4 nitrogen and oxygen atoms in total. The molecule has 0 amide bonds. The Labute approximate surface area is 87.5 Å². The zero-order valence-corrected chi connectivity index (χ0v) is 8.96. The van der Waals surface area contributed by atoms with E-state index in [1.165, 1.54) is 12.1 Å². The van der Waals surface area contributed by atoms with E-state index in [0.717, 1.165) is 12.3 Å². The van der Waals surface area contributed by atoms with Gasteiger partial charge in [-0.05, 0) is 11.6 Å². The molecule has 0 radical (unpaired) electrons. The summed E-state index contributed by atoms with van der Waals surface area (Å²) in [6, 6.07) is 2.89. The Morgan fingerprint density at radius 3 is 2.60 bits per heavy atom. The maximum Gasteiger partial charge on any atom is 0.178 e. The number of aliphatic hydroxyl groups is 1. The Kier molecular flexibility index (Phi) is 3.43. The van der Waals surface area contributed by atoms with Crippen molar-refractivity contribution >= 4 is 9.84 Å². The van der Waals surface area contributed by atoms with Crippen LogP contribution in [0.1, 0.15) is 11.6 Å². The first-order valence-electron chi connectivity index (χ1n) is 4.23. The number of sulfone groups is 1. The third-order valence-electron chi connectivity index (χ3n) is 1.96. The third kappa shape index (κ3) is 2.53. The van der Waals surface area contributed by atoms with Crippen LogP contribution in [0, 0.1) is 5.82 Å². The standard InChI is InChI=1S/C9H12FNO3S/c1-15(13,14)9-6(8(11)5-12)3-2-4-7(9)10/h2-4,8,12H,5,11H2,1H3. The number of halogens is 1. The van der Waals surface area contributed by atoms with Gasteiger partial charge in [0.25, 0.3) is 0 Å². The van der Waals surface area contributed by atoms with E-state index >= 15 is 0 Å². The summed E-state index contributed by atoms with van der Waals surface area (Å²) in [6.45, 7) is -0.439. The summed E-state index contributed by atoms with van der Waals surface area (Å²) < 4.78 is 36.0. The van der Waals surface area contributed by atoms with E-state index in [4.69, 9.17) is 10.8 Å². The molecule has 1 aromatic carbocycles. The Hall–Kier alpha value is -0.980. The van der Waals surface area contributed by atoms with Crippen molar-refractivity contribution in [1.82, 2.24) is 0 Å². The van der Waals surface area contributed by atoms with Crippen LogP contribution in [0.25, 0.3) is 0 Å². The lowest BCUT2D eigenvalue weighted by Gasteiger charge is -2.13. The fourth-order valence-electron chi connectivity index (χ4n) is 1.31. The van der Waals surface area contributed by atoms with Gasteiger partial charge in [-0.3, -0.25) is 0 Å². The average Bonchev–Trinajstić information content (AvgIpc) is 2.14. The molecular formula is C9H12FNO3S. The second kappa shape index (κ2) is 4.26. The second-order valence-electron chi connectivity index (χ2n) is 3.22. The zero-order valence-electron chi connectivity index (χ0n) is 8.14. The highest BCUT2D eigenvalue weighted by atomic mass is 32.2. The minimum Gasteiger partial charge on any atom is -0.394 e. The molecular weight excluding hydrogens is 221 g/mol. The van der Waals surface area contributed by atoms with Gasteiger partial charge in [0.2, 0.25) is 0 Å². The van der Waals surface area contributed by atoms with Gasteiger partial charge in [-0.25, -0.2) is 12.8 Å². The van der Waals surface area contributed by atoms with E-state index in [0.29, 0.717) is 0 Å². The maximum atomic E-state index is 13.3. The van der Waals surface area contributed by atoms with Gasteiger partial charge in [0.1, 0.15) is 10.7 Å². The molecule has 0 spiro atoms. The highest BCUT2D eigenvalue weighted by Gasteiger charge is 2.21. The van der Waals surface area contributed by atoms with Crippen LogP contribution >= 0.6 is 0 Å². The molecule has 3 N–H and O–H groups in total. The SMILES string of the molecule is CS(=O)(=O)c1c(F)cccc1C(N)CO. The molecule has 0 aliphatic rings. The average molecular weight is 233 g/mol. The lowest BCUT2D eigenvalue weighted by molar-refractivity contribution is 0.266. The third-order valence-corrected chi connectivity index (χ3v) is 3.14. The topological polar surface area (TPSA) is 80.4 Å². The predicted molar refractivity (Wildman–Crippen MR) is 53.5 cm³/mol. The molecule has 0 fully saturated rings. The number of nitrogens with two attached hydrogens (primary N) is 1. The smallest absolute Gasteiger partial charge is 0.178 e. The van der Waals surface area contributed by atoms with Gasteiger partial charge in [-0.2, -0.15) is 0 Å². The summed E-state index contributed by atoms with van der Waals surface area (Å²) in [5, 5.41) is 8.83. The van der Waals surface area contributed by atoms with Gasteiger partial charge in [-0.15, -0.1) is 0 Å². The number of benzene rings is 1. The highest BCUT2D eigenvalue weighted by molar-refractivity contribution is 7.90. The number of hydrogen-bond donors (Lipinski definition) is 2. The first kappa shape index (κ1) is 12.1. The summed E-state index contributed by atoms with van der Waals surface area (Å²) in [5.41, 5.74) is 5.58. The zero-order chi connectivity index (χ0) is 11.6. The molecule has 15 heavy (non-hydrogen) atoms. The van der Waals surface area contributed by atoms with Crippen molar-refractivity contribution in [2.45, 2.75) is 10.9 Å². The van der Waals surface area contributed by atoms with Crippen LogP contribution < -0.4 is 5.73 Å². The summed E-state index contributed by atoms with van der Waals surface area (Å²) >= 11 is 0. The molecule has 0 saturated carbocycles. The van der Waals surface area contributed by atoms with Gasteiger partial charge < -0.3 is 10.8 Å². The molecule has 1 unspecified atom stereocenters. The van der Waals surface area contributed by atoms with Crippen molar-refractivity contribution in [3.05, 3.63) is 29.6 Å². The minimum absolute atomic E-state index is 0.0972. The Morgan fingerprint density at radius 1 is 1.53 bits per heavy atom. The van der Waals surface area contributed by atoms with Crippen molar-refractivity contribution in [2.24, 2.45) is 5.73 Å². The van der Waals surface area contributed by atoms with Crippen LogP contribution in [0.4, 0.5) is 4.39 Å². The lowest BCUT2D eigenvalue weighted by Crippen LogP contribution is -2.19. The van der Waals surface area contributed by atoms with Gasteiger partial charge >= 0.3 is 0 Å². The summed E-state index contributed by atoms with van der Waals surface area (Å²) in [4.78, 5) is -0.438. The molecule has 0 saturated heterocycles. The molecule has 1 atom stereocenters. The fraction of sp³-hybridized carbons (Fsp3) is 0.333. The Bertz CT molecular complexity index is 458. The van der Waals surface area contributed by atoms with E-state index in [9.17, 15) is 12.8 Å². The summed E-state index contributed by atoms with van der Waals surface area (Å²) in [6.07, 6.45) is 0.902. The monoisotopic (exact) mass is 233 g/mol. The largest absolute Gasteiger partial charge is 0.394 e. The molecule has 0 bridgehead atoms. The van der Waals surface area contributed by atoms with E-state index in [1.54, 1.807) is 0 Å². The van der Waals surface area contributed by atoms with Crippen LogP contribution in [-0.2, 0) is 9.84 Å². The molecule has 0 aromatic heterocycles. The Balaban J connectivity index is 3.47. The van der Waals surface area contributed by atoms with E-state index in [2.05, 4.69) is 0 Å². The van der Waals surface area contributed by atoms with Crippen LogP contribution in [0.2, 0.25) is 0 Å². The fourth-order valence-corrected chi connectivity index (χ4v) is 2.38. The molecule has 1 aromatic rings. The van der Waals surface area contributed by atoms with Gasteiger partial charge in [0.15, 0.2) is 9.84 Å². The Morgan fingerprint density at radius 2 is 2.13 bits per heavy atom. The van der Waals surface area contributed by atoms with Crippen LogP contribution in [0.15, 0.2) is 23.1 Å². The molecule has 0 aliphatic heterocycles. The van der Waals surface area contributed by atoms with Crippen LogP contribution in [0.3, 0.4) is 0 Å². The summed E-state index contributed by atoms with van der Waals surface area (Å²) in [7, 11) is -3.69.